The van der Waals surface area contributed by atoms with Crippen molar-refractivity contribution < 1.29 is 9.53 Å². The highest BCUT2D eigenvalue weighted by Gasteiger charge is 2.16. The minimum absolute atomic E-state index is 0.226. The standard InChI is InChI=1S/C13H26N2O2/c1-17-10-4-2-3-7-15-13(16)11-12-5-8-14-9-6-12/h12,14H,2-11H2,1H3,(H,15,16). The van der Waals surface area contributed by atoms with Crippen molar-refractivity contribution in [1.82, 2.24) is 10.6 Å². The van der Waals surface area contributed by atoms with Crippen LogP contribution < -0.4 is 10.6 Å². The minimum Gasteiger partial charge on any atom is -0.385 e. The molecule has 0 unspecified atom stereocenters. The fourth-order valence-corrected chi connectivity index (χ4v) is 2.20. The molecule has 17 heavy (non-hydrogen) atoms. The zero-order chi connectivity index (χ0) is 12.3. The van der Waals surface area contributed by atoms with Gasteiger partial charge in [-0.25, -0.2) is 0 Å². The number of hydrogen-bond donors (Lipinski definition) is 2. The second-order valence-electron chi connectivity index (χ2n) is 4.80. The Morgan fingerprint density at radius 2 is 2.06 bits per heavy atom. The number of ether oxygens (including phenoxy) is 1. The fourth-order valence-electron chi connectivity index (χ4n) is 2.20. The molecule has 0 radical (unpaired) electrons. The van der Waals surface area contributed by atoms with E-state index in [2.05, 4.69) is 10.6 Å². The van der Waals surface area contributed by atoms with Gasteiger partial charge in [-0.3, -0.25) is 4.79 Å². The first-order chi connectivity index (χ1) is 8.33. The minimum atomic E-state index is 0.226. The lowest BCUT2D eigenvalue weighted by atomic mass is 9.94. The lowest BCUT2D eigenvalue weighted by molar-refractivity contribution is -0.122. The van der Waals surface area contributed by atoms with Gasteiger partial charge in [-0.15, -0.1) is 0 Å². The van der Waals surface area contributed by atoms with Gasteiger partial charge in [-0.05, 0) is 51.1 Å². The smallest absolute Gasteiger partial charge is 0.220 e. The summed E-state index contributed by atoms with van der Waals surface area (Å²) in [6.45, 7) is 3.76. The average molecular weight is 242 g/mol. The lowest BCUT2D eigenvalue weighted by Crippen LogP contribution is -2.32. The van der Waals surface area contributed by atoms with Crippen LogP contribution in [-0.4, -0.2) is 39.3 Å². The van der Waals surface area contributed by atoms with E-state index >= 15 is 0 Å². The molecular formula is C13H26N2O2. The fraction of sp³-hybridized carbons (Fsp3) is 0.923. The first-order valence-electron chi connectivity index (χ1n) is 6.79. The van der Waals surface area contributed by atoms with Gasteiger partial charge in [-0.2, -0.15) is 0 Å². The van der Waals surface area contributed by atoms with Crippen molar-refractivity contribution in [2.45, 2.75) is 38.5 Å². The van der Waals surface area contributed by atoms with E-state index in [4.69, 9.17) is 4.74 Å². The second-order valence-corrected chi connectivity index (χ2v) is 4.80. The maximum atomic E-state index is 11.6. The molecule has 1 amide bonds. The van der Waals surface area contributed by atoms with Crippen LogP contribution in [0.4, 0.5) is 0 Å². The van der Waals surface area contributed by atoms with Crippen LogP contribution in [0.25, 0.3) is 0 Å². The molecule has 0 aromatic rings. The largest absolute Gasteiger partial charge is 0.385 e. The molecule has 1 aliphatic heterocycles. The third-order valence-electron chi connectivity index (χ3n) is 3.28. The van der Waals surface area contributed by atoms with Crippen LogP contribution in [-0.2, 0) is 9.53 Å². The van der Waals surface area contributed by atoms with Gasteiger partial charge >= 0.3 is 0 Å². The Morgan fingerprint density at radius 1 is 1.29 bits per heavy atom. The maximum Gasteiger partial charge on any atom is 0.220 e. The Bertz CT molecular complexity index is 204. The first-order valence-corrected chi connectivity index (χ1v) is 6.79. The number of carbonyl (C=O) groups excluding carboxylic acids is 1. The van der Waals surface area contributed by atoms with Crippen molar-refractivity contribution in [2.24, 2.45) is 5.92 Å². The van der Waals surface area contributed by atoms with E-state index in [0.717, 1.165) is 58.3 Å². The van der Waals surface area contributed by atoms with E-state index in [0.29, 0.717) is 12.3 Å². The normalized spacial score (nSPS) is 17.0. The molecule has 0 spiro atoms. The van der Waals surface area contributed by atoms with Crippen molar-refractivity contribution in [2.75, 3.05) is 33.4 Å². The number of methoxy groups -OCH3 is 1. The zero-order valence-electron chi connectivity index (χ0n) is 11.0. The van der Waals surface area contributed by atoms with Crippen LogP contribution in [0.15, 0.2) is 0 Å². The first kappa shape index (κ1) is 14.5. The molecular weight excluding hydrogens is 216 g/mol. The highest BCUT2D eigenvalue weighted by atomic mass is 16.5. The number of carbonyl (C=O) groups is 1. The Labute approximate surface area is 104 Å². The summed E-state index contributed by atoms with van der Waals surface area (Å²) in [6.07, 6.45) is 6.26. The highest BCUT2D eigenvalue weighted by molar-refractivity contribution is 5.76. The second kappa shape index (κ2) is 9.42. The molecule has 1 aliphatic rings. The van der Waals surface area contributed by atoms with E-state index < -0.39 is 0 Å². The third kappa shape index (κ3) is 7.34. The summed E-state index contributed by atoms with van der Waals surface area (Å²) in [6, 6.07) is 0. The summed E-state index contributed by atoms with van der Waals surface area (Å²) in [5.74, 6) is 0.813. The summed E-state index contributed by atoms with van der Waals surface area (Å²) >= 11 is 0. The van der Waals surface area contributed by atoms with Crippen LogP contribution >= 0.6 is 0 Å². The van der Waals surface area contributed by atoms with Crippen LogP contribution in [0, 0.1) is 5.92 Å². The summed E-state index contributed by atoms with van der Waals surface area (Å²) in [4.78, 5) is 11.6. The van der Waals surface area contributed by atoms with E-state index in [1.807, 2.05) is 0 Å². The molecule has 0 bridgehead atoms. The van der Waals surface area contributed by atoms with Gasteiger partial charge < -0.3 is 15.4 Å². The molecule has 100 valence electrons. The van der Waals surface area contributed by atoms with E-state index in [9.17, 15) is 4.79 Å². The lowest BCUT2D eigenvalue weighted by Gasteiger charge is -2.21. The van der Waals surface area contributed by atoms with Gasteiger partial charge in [0.15, 0.2) is 0 Å². The number of amides is 1. The van der Waals surface area contributed by atoms with Gasteiger partial charge in [0.05, 0.1) is 0 Å². The molecule has 0 atom stereocenters. The third-order valence-corrected chi connectivity index (χ3v) is 3.28. The molecule has 1 heterocycles. The number of piperidine rings is 1. The molecule has 4 nitrogen and oxygen atoms in total. The Kier molecular flexibility index (Phi) is 8.01. The predicted molar refractivity (Wildman–Crippen MR) is 68.9 cm³/mol. The molecule has 0 saturated carbocycles. The van der Waals surface area contributed by atoms with Gasteiger partial charge in [0.2, 0.25) is 5.91 Å². The average Bonchev–Trinajstić information content (AvgIpc) is 2.35. The van der Waals surface area contributed by atoms with Gasteiger partial charge in [0.25, 0.3) is 0 Å². The maximum absolute atomic E-state index is 11.6. The zero-order valence-corrected chi connectivity index (χ0v) is 11.0. The van der Waals surface area contributed by atoms with Crippen LogP contribution in [0.5, 0.6) is 0 Å². The van der Waals surface area contributed by atoms with Crippen molar-refractivity contribution in [3.8, 4) is 0 Å². The summed E-state index contributed by atoms with van der Waals surface area (Å²) in [5.41, 5.74) is 0. The molecule has 1 fully saturated rings. The van der Waals surface area contributed by atoms with Crippen molar-refractivity contribution in [1.29, 1.82) is 0 Å². The summed E-state index contributed by atoms with van der Waals surface area (Å²) in [5, 5.41) is 6.32. The summed E-state index contributed by atoms with van der Waals surface area (Å²) < 4.78 is 4.98. The van der Waals surface area contributed by atoms with Crippen LogP contribution in [0.1, 0.15) is 38.5 Å². The quantitative estimate of drug-likeness (QED) is 0.631. The Hall–Kier alpha value is -0.610. The SMILES string of the molecule is COCCCCCNC(=O)CC1CCNCC1. The van der Waals surface area contributed by atoms with E-state index in [1.54, 1.807) is 7.11 Å². The highest BCUT2D eigenvalue weighted by Crippen LogP contribution is 2.15. The number of nitrogens with one attached hydrogen (secondary N) is 2. The molecule has 2 N–H and O–H groups in total. The van der Waals surface area contributed by atoms with Crippen molar-refractivity contribution in [3.05, 3.63) is 0 Å². The predicted octanol–water partition coefficient (Wildman–Crippen LogP) is 1.31. The molecule has 0 aromatic heterocycles. The van der Waals surface area contributed by atoms with Crippen molar-refractivity contribution in [3.63, 3.8) is 0 Å². The Balaban J connectivity index is 1.93. The van der Waals surface area contributed by atoms with Gasteiger partial charge in [0, 0.05) is 26.7 Å². The molecule has 0 aliphatic carbocycles. The van der Waals surface area contributed by atoms with Crippen LogP contribution in [0.3, 0.4) is 0 Å². The number of unbranched alkanes of at least 4 members (excludes halogenated alkanes) is 2. The molecule has 4 heteroatoms. The molecule has 1 rings (SSSR count). The molecule has 0 aromatic carbocycles. The van der Waals surface area contributed by atoms with Crippen molar-refractivity contribution >= 4 is 5.91 Å². The summed E-state index contributed by atoms with van der Waals surface area (Å²) in [7, 11) is 1.72. The number of rotatable bonds is 8. The van der Waals surface area contributed by atoms with Gasteiger partial charge in [0.1, 0.15) is 0 Å². The Morgan fingerprint density at radius 3 is 2.76 bits per heavy atom. The van der Waals surface area contributed by atoms with E-state index in [-0.39, 0.29) is 5.91 Å². The van der Waals surface area contributed by atoms with E-state index in [1.165, 1.54) is 0 Å². The van der Waals surface area contributed by atoms with Crippen LogP contribution in [0.2, 0.25) is 0 Å². The molecule has 1 saturated heterocycles. The number of hydrogen-bond acceptors (Lipinski definition) is 3. The topological polar surface area (TPSA) is 50.4 Å². The van der Waals surface area contributed by atoms with Gasteiger partial charge in [-0.1, -0.05) is 0 Å². The monoisotopic (exact) mass is 242 g/mol.